The molecule has 144 valence electrons. The maximum atomic E-state index is 13.5. The van der Waals surface area contributed by atoms with Crippen LogP contribution in [-0.4, -0.2) is 48.7 Å². The first kappa shape index (κ1) is 20.0. The van der Waals surface area contributed by atoms with E-state index < -0.39 is 42.0 Å². The molecule has 27 heavy (non-hydrogen) atoms. The Bertz CT molecular complexity index is 909. The number of carbonyl (C=O) groups excluding carboxylic acids is 2. The van der Waals surface area contributed by atoms with Crippen molar-refractivity contribution < 1.29 is 42.1 Å². The fourth-order valence-corrected chi connectivity index (χ4v) is 2.60. The Kier molecular flexibility index (Phi) is 5.58. The first-order chi connectivity index (χ1) is 12.6. The number of carboxylic acid groups (broad SMARTS) is 1. The molecule has 2 amide bonds. The fraction of sp³-hybridized carbons (Fsp3) is 0.235. The number of methoxy groups -OCH3 is 2. The number of carbonyl (C=O) groups is 3. The van der Waals surface area contributed by atoms with E-state index >= 15 is 0 Å². The molecule has 2 rings (SSSR count). The van der Waals surface area contributed by atoms with Crippen molar-refractivity contribution in [3.8, 4) is 5.75 Å². The van der Waals surface area contributed by atoms with Gasteiger partial charge in [-0.3, -0.25) is 9.59 Å². The molecule has 7 nitrogen and oxygen atoms in total. The zero-order valence-electron chi connectivity index (χ0n) is 14.2. The third kappa shape index (κ3) is 3.94. The Balaban J connectivity index is 2.71. The van der Waals surface area contributed by atoms with Gasteiger partial charge in [0, 0.05) is 5.56 Å². The van der Waals surface area contributed by atoms with Crippen LogP contribution in [0.25, 0.3) is 10.8 Å². The third-order valence-electron chi connectivity index (χ3n) is 3.69. The topological polar surface area (TPSA) is 93.1 Å². The summed E-state index contributed by atoms with van der Waals surface area (Å²) in [6.45, 7) is -1.01. The molecule has 10 heteroatoms. The normalized spacial score (nSPS) is 11.1. The summed E-state index contributed by atoms with van der Waals surface area (Å²) in [5, 5.41) is 8.45. The van der Waals surface area contributed by atoms with E-state index in [0.29, 0.717) is 0 Å². The monoisotopic (exact) mass is 385 g/mol. The number of fused-ring (bicyclic) bond motifs is 1. The summed E-state index contributed by atoms with van der Waals surface area (Å²) in [4.78, 5) is 35.6. The van der Waals surface area contributed by atoms with Gasteiger partial charge in [-0.05, 0) is 29.0 Å². The van der Waals surface area contributed by atoms with Crippen molar-refractivity contribution in [1.82, 2.24) is 4.90 Å². The van der Waals surface area contributed by atoms with E-state index in [9.17, 15) is 27.6 Å². The Morgan fingerprint density at radius 2 is 1.74 bits per heavy atom. The number of halogens is 3. The summed E-state index contributed by atoms with van der Waals surface area (Å²) in [6.07, 6.45) is -6.01. The molecule has 0 atom stereocenters. The second kappa shape index (κ2) is 7.52. The number of ether oxygens (including phenoxy) is 2. The van der Waals surface area contributed by atoms with E-state index in [1.54, 1.807) is 0 Å². The molecule has 0 spiro atoms. The number of nitrogens with zero attached hydrogens (tertiary/aromatic N) is 1. The molecule has 0 unspecified atom stereocenters. The van der Waals surface area contributed by atoms with Crippen LogP contribution in [0.3, 0.4) is 0 Å². The third-order valence-corrected chi connectivity index (χ3v) is 3.69. The number of alkyl halides is 3. The van der Waals surface area contributed by atoms with Crippen molar-refractivity contribution in [3.63, 3.8) is 0 Å². The maximum Gasteiger partial charge on any atom is 0.420 e. The molecule has 1 N–H and O–H groups in total. The number of benzene rings is 2. The SMILES string of the molecule is COC(=O)N(CC(=O)O)C(=O)c1cccc2c(C(F)(F)F)c(OC)ccc12. The van der Waals surface area contributed by atoms with Gasteiger partial charge in [-0.1, -0.05) is 12.1 Å². The molecule has 0 saturated heterocycles. The van der Waals surface area contributed by atoms with Gasteiger partial charge in [-0.2, -0.15) is 13.2 Å². The van der Waals surface area contributed by atoms with E-state index in [1.165, 1.54) is 18.2 Å². The van der Waals surface area contributed by atoms with Crippen molar-refractivity contribution in [2.45, 2.75) is 6.18 Å². The first-order valence-electron chi connectivity index (χ1n) is 7.40. The molecule has 0 aliphatic carbocycles. The summed E-state index contributed by atoms with van der Waals surface area (Å²) in [5.41, 5.74) is -1.37. The lowest BCUT2D eigenvalue weighted by atomic mass is 9.98. The molecule has 0 heterocycles. The largest absolute Gasteiger partial charge is 0.496 e. The van der Waals surface area contributed by atoms with E-state index in [4.69, 9.17) is 9.84 Å². The van der Waals surface area contributed by atoms with E-state index in [2.05, 4.69) is 4.74 Å². The van der Waals surface area contributed by atoms with Gasteiger partial charge in [0.15, 0.2) is 0 Å². The zero-order chi connectivity index (χ0) is 20.4. The van der Waals surface area contributed by atoms with Gasteiger partial charge in [0.25, 0.3) is 5.91 Å². The van der Waals surface area contributed by atoms with Crippen molar-refractivity contribution in [1.29, 1.82) is 0 Å². The summed E-state index contributed by atoms with van der Waals surface area (Å²) in [6, 6.07) is 5.81. The highest BCUT2D eigenvalue weighted by atomic mass is 19.4. The molecule has 0 aromatic heterocycles. The van der Waals surface area contributed by atoms with Gasteiger partial charge in [0.2, 0.25) is 0 Å². The van der Waals surface area contributed by atoms with Crippen LogP contribution < -0.4 is 4.74 Å². The molecule has 0 bridgehead atoms. The Hall–Kier alpha value is -3.30. The van der Waals surface area contributed by atoms with Gasteiger partial charge in [0.1, 0.15) is 17.9 Å². The molecular weight excluding hydrogens is 371 g/mol. The van der Waals surface area contributed by atoms with Crippen LogP contribution in [0.15, 0.2) is 30.3 Å². The van der Waals surface area contributed by atoms with Crippen molar-refractivity contribution >= 4 is 28.7 Å². The lowest BCUT2D eigenvalue weighted by Gasteiger charge is -2.20. The molecule has 0 aliphatic rings. The van der Waals surface area contributed by atoms with Crippen LogP contribution in [0.1, 0.15) is 15.9 Å². The van der Waals surface area contributed by atoms with Crippen LogP contribution in [0.2, 0.25) is 0 Å². The van der Waals surface area contributed by atoms with Gasteiger partial charge >= 0.3 is 18.2 Å². The molecule has 2 aromatic carbocycles. The van der Waals surface area contributed by atoms with E-state index in [-0.39, 0.29) is 21.2 Å². The Morgan fingerprint density at radius 3 is 2.26 bits per heavy atom. The highest BCUT2D eigenvalue weighted by Gasteiger charge is 2.37. The van der Waals surface area contributed by atoms with Crippen LogP contribution in [-0.2, 0) is 15.7 Å². The molecule has 2 aromatic rings. The Morgan fingerprint density at radius 1 is 1.07 bits per heavy atom. The zero-order valence-corrected chi connectivity index (χ0v) is 14.2. The quantitative estimate of drug-likeness (QED) is 0.869. The number of hydrogen-bond acceptors (Lipinski definition) is 5. The van der Waals surface area contributed by atoms with E-state index in [1.807, 2.05) is 0 Å². The summed E-state index contributed by atoms with van der Waals surface area (Å²) in [5.74, 6) is -3.03. The number of rotatable bonds is 4. The average molecular weight is 385 g/mol. The van der Waals surface area contributed by atoms with Crippen molar-refractivity contribution in [2.75, 3.05) is 20.8 Å². The standard InChI is InChI=1S/C17H14F3NO6/c1-26-12-7-6-9-10(14(12)17(18,19)20)4-3-5-11(9)15(24)21(8-13(22)23)16(25)27-2/h3-7H,8H2,1-2H3,(H,22,23). The minimum Gasteiger partial charge on any atom is -0.496 e. The predicted molar refractivity (Wildman–Crippen MR) is 86.6 cm³/mol. The van der Waals surface area contributed by atoms with Crippen LogP contribution >= 0.6 is 0 Å². The number of aliphatic carboxylic acids is 1. The predicted octanol–water partition coefficient (Wildman–Crippen LogP) is 3.16. The smallest absolute Gasteiger partial charge is 0.420 e. The Labute approximate surface area is 150 Å². The van der Waals surface area contributed by atoms with Crippen molar-refractivity contribution in [2.24, 2.45) is 0 Å². The first-order valence-corrected chi connectivity index (χ1v) is 7.40. The highest BCUT2D eigenvalue weighted by Crippen LogP contribution is 2.41. The average Bonchev–Trinajstić information content (AvgIpc) is 2.62. The number of carboxylic acids is 1. The number of hydrogen-bond donors (Lipinski definition) is 1. The molecule has 0 radical (unpaired) electrons. The van der Waals surface area contributed by atoms with Crippen LogP contribution in [0.4, 0.5) is 18.0 Å². The van der Waals surface area contributed by atoms with Crippen LogP contribution in [0.5, 0.6) is 5.75 Å². The molecule has 0 fully saturated rings. The maximum absolute atomic E-state index is 13.5. The fourth-order valence-electron chi connectivity index (χ4n) is 2.60. The van der Waals surface area contributed by atoms with Crippen LogP contribution in [0, 0.1) is 0 Å². The molecular formula is C17H14F3NO6. The second-order valence-corrected chi connectivity index (χ2v) is 5.30. The van der Waals surface area contributed by atoms with Gasteiger partial charge in [-0.25, -0.2) is 9.69 Å². The van der Waals surface area contributed by atoms with Gasteiger partial charge in [0.05, 0.1) is 14.2 Å². The van der Waals surface area contributed by atoms with E-state index in [0.717, 1.165) is 26.4 Å². The number of imide groups is 1. The van der Waals surface area contributed by atoms with Gasteiger partial charge < -0.3 is 14.6 Å². The van der Waals surface area contributed by atoms with Gasteiger partial charge in [-0.15, -0.1) is 0 Å². The minimum absolute atomic E-state index is 0.116. The summed E-state index contributed by atoms with van der Waals surface area (Å²) >= 11 is 0. The highest BCUT2D eigenvalue weighted by molar-refractivity contribution is 6.13. The lowest BCUT2D eigenvalue weighted by molar-refractivity contribution is -0.138. The minimum atomic E-state index is -4.77. The summed E-state index contributed by atoms with van der Waals surface area (Å²) in [7, 11) is 2.03. The van der Waals surface area contributed by atoms with Crippen molar-refractivity contribution in [3.05, 3.63) is 41.5 Å². The molecule has 0 saturated carbocycles. The number of amides is 2. The summed E-state index contributed by atoms with van der Waals surface area (Å²) < 4.78 is 49.6. The molecule has 0 aliphatic heterocycles. The second-order valence-electron chi connectivity index (χ2n) is 5.30. The lowest BCUT2D eigenvalue weighted by Crippen LogP contribution is -2.40.